The normalized spacial score (nSPS) is 18.9. The van der Waals surface area contributed by atoms with Crippen LogP contribution in [0.25, 0.3) is 0 Å². The zero-order valence-corrected chi connectivity index (χ0v) is 9.28. The fourth-order valence-electron chi connectivity index (χ4n) is 1.74. The van der Waals surface area contributed by atoms with Crippen molar-refractivity contribution in [2.45, 2.75) is 39.1 Å². The molecule has 1 aromatic carbocycles. The second-order valence-electron chi connectivity index (χ2n) is 4.44. The number of fused-ring (bicyclic) bond motifs is 1. The summed E-state index contributed by atoms with van der Waals surface area (Å²) < 4.78 is 11.2. The minimum absolute atomic E-state index is 0.335. The third-order valence-corrected chi connectivity index (χ3v) is 2.25. The van der Waals surface area contributed by atoms with Crippen LogP contribution in [0.4, 0.5) is 0 Å². The molecule has 1 atom stereocenters. The van der Waals surface area contributed by atoms with E-state index < -0.39 is 5.79 Å². The molecular weight excluding hydrogens is 192 g/mol. The molecule has 2 rings (SSSR count). The molecule has 1 N–H and O–H groups in total. The SMILES string of the molecule is C[C@H](O)Cc1ccc2c(c1)OC(C)(C)O2. The average molecular weight is 208 g/mol. The molecule has 0 amide bonds. The van der Waals surface area contributed by atoms with Crippen molar-refractivity contribution in [1.29, 1.82) is 0 Å². The Bertz CT molecular complexity index is 369. The van der Waals surface area contributed by atoms with Crippen LogP contribution >= 0.6 is 0 Å². The van der Waals surface area contributed by atoms with E-state index in [1.165, 1.54) is 0 Å². The van der Waals surface area contributed by atoms with Gasteiger partial charge in [0, 0.05) is 13.8 Å². The number of rotatable bonds is 2. The highest BCUT2D eigenvalue weighted by Gasteiger charge is 2.31. The fraction of sp³-hybridized carbons (Fsp3) is 0.500. The van der Waals surface area contributed by atoms with Crippen LogP contribution in [0.1, 0.15) is 26.3 Å². The van der Waals surface area contributed by atoms with Gasteiger partial charge in [0.25, 0.3) is 0 Å². The van der Waals surface area contributed by atoms with Crippen molar-refractivity contribution in [2.24, 2.45) is 0 Å². The Morgan fingerprint density at radius 2 is 1.93 bits per heavy atom. The summed E-state index contributed by atoms with van der Waals surface area (Å²) in [7, 11) is 0. The zero-order chi connectivity index (χ0) is 11.1. The van der Waals surface area contributed by atoms with Crippen LogP contribution in [0.5, 0.6) is 11.5 Å². The van der Waals surface area contributed by atoms with Crippen molar-refractivity contribution in [1.82, 2.24) is 0 Å². The first kappa shape index (κ1) is 10.3. The van der Waals surface area contributed by atoms with Crippen molar-refractivity contribution in [3.05, 3.63) is 23.8 Å². The Kier molecular flexibility index (Phi) is 2.35. The van der Waals surface area contributed by atoms with Crippen LogP contribution in [0.3, 0.4) is 0 Å². The largest absolute Gasteiger partial charge is 0.449 e. The van der Waals surface area contributed by atoms with Gasteiger partial charge < -0.3 is 14.6 Å². The molecule has 0 saturated carbocycles. The lowest BCUT2D eigenvalue weighted by molar-refractivity contribution is -0.0431. The van der Waals surface area contributed by atoms with Crippen LogP contribution in [0, 0.1) is 0 Å². The van der Waals surface area contributed by atoms with Gasteiger partial charge in [0.15, 0.2) is 11.5 Å². The first-order valence-corrected chi connectivity index (χ1v) is 5.15. The lowest BCUT2D eigenvalue weighted by atomic mass is 10.1. The third-order valence-electron chi connectivity index (χ3n) is 2.25. The standard InChI is InChI=1S/C12H16O3/c1-8(13)6-9-4-5-10-11(7-9)15-12(2,3)14-10/h4-5,7-8,13H,6H2,1-3H3/t8-/m0/s1. The fourth-order valence-corrected chi connectivity index (χ4v) is 1.74. The summed E-state index contributed by atoms with van der Waals surface area (Å²) in [5.41, 5.74) is 1.06. The molecule has 0 spiro atoms. The Morgan fingerprint density at radius 1 is 1.27 bits per heavy atom. The van der Waals surface area contributed by atoms with Gasteiger partial charge in [-0.25, -0.2) is 0 Å². The average Bonchev–Trinajstić information content (AvgIpc) is 2.36. The van der Waals surface area contributed by atoms with E-state index in [9.17, 15) is 5.11 Å². The summed E-state index contributed by atoms with van der Waals surface area (Å²) in [5.74, 6) is 0.957. The number of hydrogen-bond donors (Lipinski definition) is 1. The third kappa shape index (κ3) is 2.23. The molecule has 1 aromatic rings. The lowest BCUT2D eigenvalue weighted by Gasteiger charge is -2.16. The van der Waals surface area contributed by atoms with E-state index in [1.807, 2.05) is 32.0 Å². The Labute approximate surface area is 89.6 Å². The number of ether oxygens (including phenoxy) is 2. The molecule has 82 valence electrons. The van der Waals surface area contributed by atoms with Gasteiger partial charge >= 0.3 is 0 Å². The molecule has 1 aliphatic rings. The van der Waals surface area contributed by atoms with Crippen molar-refractivity contribution in [2.75, 3.05) is 0 Å². The van der Waals surface area contributed by atoms with Gasteiger partial charge in [0.2, 0.25) is 5.79 Å². The monoisotopic (exact) mass is 208 g/mol. The Balaban J connectivity index is 2.23. The van der Waals surface area contributed by atoms with E-state index in [2.05, 4.69) is 0 Å². The molecule has 0 aliphatic carbocycles. The summed E-state index contributed by atoms with van der Waals surface area (Å²) in [5, 5.41) is 9.28. The number of aliphatic hydroxyl groups is 1. The molecular formula is C12H16O3. The maximum absolute atomic E-state index is 9.28. The molecule has 0 radical (unpaired) electrons. The van der Waals surface area contributed by atoms with E-state index in [-0.39, 0.29) is 6.10 Å². The van der Waals surface area contributed by atoms with Crippen LogP contribution in [0.15, 0.2) is 18.2 Å². The summed E-state index contributed by atoms with van der Waals surface area (Å²) in [6.45, 7) is 5.53. The first-order valence-electron chi connectivity index (χ1n) is 5.15. The summed E-state index contributed by atoms with van der Waals surface area (Å²) in [6.07, 6.45) is 0.301. The molecule has 0 bridgehead atoms. The smallest absolute Gasteiger partial charge is 0.246 e. The Morgan fingerprint density at radius 3 is 2.60 bits per heavy atom. The minimum atomic E-state index is -0.578. The van der Waals surface area contributed by atoms with Crippen molar-refractivity contribution in [3.8, 4) is 11.5 Å². The van der Waals surface area contributed by atoms with E-state index in [0.717, 1.165) is 17.1 Å². The minimum Gasteiger partial charge on any atom is -0.449 e. The number of hydrogen-bond acceptors (Lipinski definition) is 3. The number of aliphatic hydroxyl groups excluding tert-OH is 1. The van der Waals surface area contributed by atoms with Crippen molar-refractivity contribution < 1.29 is 14.6 Å². The van der Waals surface area contributed by atoms with Crippen molar-refractivity contribution >= 4 is 0 Å². The van der Waals surface area contributed by atoms with E-state index in [1.54, 1.807) is 6.92 Å². The number of benzene rings is 1. The lowest BCUT2D eigenvalue weighted by Crippen LogP contribution is -2.29. The van der Waals surface area contributed by atoms with E-state index in [0.29, 0.717) is 6.42 Å². The van der Waals surface area contributed by atoms with Crippen LogP contribution in [-0.4, -0.2) is 17.0 Å². The molecule has 0 unspecified atom stereocenters. The van der Waals surface area contributed by atoms with Gasteiger partial charge in [-0.15, -0.1) is 0 Å². The summed E-state index contributed by atoms with van der Waals surface area (Å²) in [4.78, 5) is 0. The molecule has 0 aromatic heterocycles. The van der Waals surface area contributed by atoms with Gasteiger partial charge in [-0.1, -0.05) is 6.07 Å². The van der Waals surface area contributed by atoms with Gasteiger partial charge in [0.05, 0.1) is 6.10 Å². The highest BCUT2D eigenvalue weighted by atomic mass is 16.7. The van der Waals surface area contributed by atoms with Gasteiger partial charge in [-0.2, -0.15) is 0 Å². The maximum Gasteiger partial charge on any atom is 0.246 e. The molecule has 1 aliphatic heterocycles. The molecule has 15 heavy (non-hydrogen) atoms. The van der Waals surface area contributed by atoms with Gasteiger partial charge in [-0.05, 0) is 31.0 Å². The molecule has 1 heterocycles. The van der Waals surface area contributed by atoms with Crippen molar-refractivity contribution in [3.63, 3.8) is 0 Å². The maximum atomic E-state index is 9.28. The predicted molar refractivity (Wildman–Crippen MR) is 57.2 cm³/mol. The highest BCUT2D eigenvalue weighted by Crippen LogP contribution is 2.39. The topological polar surface area (TPSA) is 38.7 Å². The highest BCUT2D eigenvalue weighted by molar-refractivity contribution is 5.45. The molecule has 0 fully saturated rings. The second-order valence-corrected chi connectivity index (χ2v) is 4.44. The molecule has 3 heteroatoms. The van der Waals surface area contributed by atoms with Gasteiger partial charge in [0.1, 0.15) is 0 Å². The van der Waals surface area contributed by atoms with Gasteiger partial charge in [-0.3, -0.25) is 0 Å². The summed E-state index contributed by atoms with van der Waals surface area (Å²) in [6, 6.07) is 5.77. The molecule has 3 nitrogen and oxygen atoms in total. The second kappa shape index (κ2) is 3.42. The predicted octanol–water partition coefficient (Wildman–Crippen LogP) is 2.12. The van der Waals surface area contributed by atoms with Crippen LogP contribution in [0.2, 0.25) is 0 Å². The quantitative estimate of drug-likeness (QED) is 0.809. The molecule has 0 saturated heterocycles. The van der Waals surface area contributed by atoms with Crippen LogP contribution in [-0.2, 0) is 6.42 Å². The van der Waals surface area contributed by atoms with Crippen LogP contribution < -0.4 is 9.47 Å². The Hall–Kier alpha value is -1.22. The zero-order valence-electron chi connectivity index (χ0n) is 9.28. The van der Waals surface area contributed by atoms with E-state index in [4.69, 9.17) is 9.47 Å². The first-order chi connectivity index (χ1) is 6.96. The van der Waals surface area contributed by atoms with E-state index >= 15 is 0 Å². The summed E-state index contributed by atoms with van der Waals surface area (Å²) >= 11 is 0.